The van der Waals surface area contributed by atoms with Crippen molar-refractivity contribution < 1.29 is 13.9 Å². The molecule has 0 saturated heterocycles. The Morgan fingerprint density at radius 1 is 1.38 bits per heavy atom. The number of nitrogens with zero attached hydrogens (tertiary/aromatic N) is 3. The quantitative estimate of drug-likeness (QED) is 0.380. The number of ether oxygens (including phenoxy) is 1. The fourth-order valence-corrected chi connectivity index (χ4v) is 2.64. The Hall–Kier alpha value is -3.16. The Kier molecular flexibility index (Phi) is 4.28. The molecule has 0 aliphatic heterocycles. The number of hydrogen-bond donors (Lipinski definition) is 2. The van der Waals surface area contributed by atoms with E-state index < -0.39 is 5.97 Å². The van der Waals surface area contributed by atoms with Crippen LogP contribution in [0.3, 0.4) is 0 Å². The third-order valence-corrected chi connectivity index (χ3v) is 3.64. The lowest BCUT2D eigenvalue weighted by atomic mass is 9.93. The van der Waals surface area contributed by atoms with Gasteiger partial charge in [0.15, 0.2) is 0 Å². The number of aryl methyl sites for hydroxylation is 1. The van der Waals surface area contributed by atoms with Gasteiger partial charge in [0.2, 0.25) is 11.7 Å². The molecule has 1 aliphatic rings. The molecule has 0 radical (unpaired) electrons. The van der Waals surface area contributed by atoms with Gasteiger partial charge in [-0.15, -0.1) is 5.10 Å². The fraction of sp³-hybridized carbons (Fsp3) is 0.250. The number of guanidine groups is 1. The smallest absolute Gasteiger partial charge is 0.379 e. The van der Waals surface area contributed by atoms with Gasteiger partial charge in [0.1, 0.15) is 11.5 Å². The van der Waals surface area contributed by atoms with E-state index in [2.05, 4.69) is 15.2 Å². The van der Waals surface area contributed by atoms with Gasteiger partial charge >= 0.3 is 5.97 Å². The number of carbonyl (C=O) groups excluding carboxylic acids is 1. The van der Waals surface area contributed by atoms with Gasteiger partial charge in [-0.3, -0.25) is 4.98 Å². The van der Waals surface area contributed by atoms with Gasteiger partial charge in [-0.05, 0) is 31.9 Å². The van der Waals surface area contributed by atoms with E-state index in [0.717, 1.165) is 18.4 Å². The van der Waals surface area contributed by atoms with E-state index in [1.807, 2.05) is 0 Å². The van der Waals surface area contributed by atoms with E-state index in [1.165, 1.54) is 6.20 Å². The first kappa shape index (κ1) is 15.7. The molecule has 3 rings (SSSR count). The molecule has 0 fully saturated rings. The van der Waals surface area contributed by atoms with Crippen LogP contribution in [-0.2, 0) is 6.42 Å². The topological polar surface area (TPSA) is 129 Å². The molecule has 4 N–H and O–H groups in total. The van der Waals surface area contributed by atoms with E-state index in [0.29, 0.717) is 29.2 Å². The molecule has 24 heavy (non-hydrogen) atoms. The molecular weight excluding hydrogens is 310 g/mol. The van der Waals surface area contributed by atoms with E-state index in [-0.39, 0.29) is 11.7 Å². The van der Waals surface area contributed by atoms with Crippen LogP contribution in [0.25, 0.3) is 0 Å². The van der Waals surface area contributed by atoms with Gasteiger partial charge in [0.25, 0.3) is 0 Å². The van der Waals surface area contributed by atoms with E-state index in [1.54, 1.807) is 25.3 Å². The van der Waals surface area contributed by atoms with E-state index >= 15 is 0 Å². The molecular formula is C16H17N5O3. The Bertz CT molecular complexity index is 820. The SMILES string of the molecule is Cc1c(C(=O)Oc2cccnc2)oc2c1/C(=N/N=C(N)N)CCC2. The largest absolute Gasteiger partial charge is 0.453 e. The van der Waals surface area contributed by atoms with Crippen molar-refractivity contribution in [2.45, 2.75) is 26.2 Å². The van der Waals surface area contributed by atoms with Crippen LogP contribution >= 0.6 is 0 Å². The molecule has 0 spiro atoms. The van der Waals surface area contributed by atoms with Crippen molar-refractivity contribution in [3.8, 4) is 5.75 Å². The molecule has 124 valence electrons. The zero-order chi connectivity index (χ0) is 17.1. The normalized spacial score (nSPS) is 15.0. The maximum atomic E-state index is 12.4. The second-order valence-corrected chi connectivity index (χ2v) is 5.36. The van der Waals surface area contributed by atoms with Crippen molar-refractivity contribution in [2.24, 2.45) is 21.7 Å². The Balaban J connectivity index is 1.93. The highest BCUT2D eigenvalue weighted by atomic mass is 16.5. The predicted octanol–water partition coefficient (Wildman–Crippen LogP) is 1.52. The molecule has 2 heterocycles. The molecule has 0 saturated carbocycles. The van der Waals surface area contributed by atoms with Crippen LogP contribution < -0.4 is 16.2 Å². The monoisotopic (exact) mass is 327 g/mol. The Morgan fingerprint density at radius 3 is 2.92 bits per heavy atom. The molecule has 0 aromatic carbocycles. The molecule has 0 unspecified atom stereocenters. The lowest BCUT2D eigenvalue weighted by Crippen LogP contribution is -2.22. The maximum Gasteiger partial charge on any atom is 0.379 e. The van der Waals surface area contributed by atoms with Crippen molar-refractivity contribution in [1.29, 1.82) is 0 Å². The number of hydrogen-bond acceptors (Lipinski definition) is 6. The fourth-order valence-electron chi connectivity index (χ4n) is 2.64. The average Bonchev–Trinajstić information content (AvgIpc) is 2.91. The number of carbonyl (C=O) groups is 1. The molecule has 0 amide bonds. The third-order valence-electron chi connectivity index (χ3n) is 3.64. The van der Waals surface area contributed by atoms with Gasteiger partial charge in [0.05, 0.1) is 11.9 Å². The summed E-state index contributed by atoms with van der Waals surface area (Å²) in [4.78, 5) is 16.3. The lowest BCUT2D eigenvalue weighted by Gasteiger charge is -2.11. The summed E-state index contributed by atoms with van der Waals surface area (Å²) in [5.74, 6) is 0.512. The Morgan fingerprint density at radius 2 is 2.21 bits per heavy atom. The molecule has 8 nitrogen and oxygen atoms in total. The van der Waals surface area contributed by atoms with Gasteiger partial charge in [0, 0.05) is 23.7 Å². The van der Waals surface area contributed by atoms with Gasteiger partial charge in [-0.2, -0.15) is 5.10 Å². The third kappa shape index (κ3) is 3.12. The molecule has 8 heteroatoms. The Labute approximate surface area is 138 Å². The summed E-state index contributed by atoms with van der Waals surface area (Å²) in [6, 6.07) is 3.33. The van der Waals surface area contributed by atoms with Gasteiger partial charge < -0.3 is 20.6 Å². The van der Waals surface area contributed by atoms with Crippen LogP contribution in [0.2, 0.25) is 0 Å². The minimum Gasteiger partial charge on any atom is -0.453 e. The highest BCUT2D eigenvalue weighted by Crippen LogP contribution is 2.30. The molecule has 2 aromatic rings. The van der Waals surface area contributed by atoms with Gasteiger partial charge in [-0.25, -0.2) is 4.79 Å². The minimum absolute atomic E-state index is 0.119. The number of esters is 1. The lowest BCUT2D eigenvalue weighted by molar-refractivity contribution is 0.0697. The van der Waals surface area contributed by atoms with Crippen molar-refractivity contribution in [2.75, 3.05) is 0 Å². The molecule has 0 bridgehead atoms. The summed E-state index contributed by atoms with van der Waals surface area (Å²) >= 11 is 0. The first-order valence-electron chi connectivity index (χ1n) is 7.46. The second kappa shape index (κ2) is 6.53. The first-order valence-corrected chi connectivity index (χ1v) is 7.46. The highest BCUT2D eigenvalue weighted by molar-refractivity contribution is 6.06. The summed E-state index contributed by atoms with van der Waals surface area (Å²) in [7, 11) is 0. The summed E-state index contributed by atoms with van der Waals surface area (Å²) < 4.78 is 11.0. The van der Waals surface area contributed by atoms with Crippen LogP contribution in [0.1, 0.15) is 40.3 Å². The van der Waals surface area contributed by atoms with Crippen molar-refractivity contribution in [1.82, 2.24) is 4.98 Å². The van der Waals surface area contributed by atoms with E-state index in [9.17, 15) is 4.79 Å². The number of rotatable bonds is 3. The summed E-state index contributed by atoms with van der Waals surface area (Å²) in [5.41, 5.74) is 12.8. The van der Waals surface area contributed by atoms with Crippen LogP contribution in [0.4, 0.5) is 0 Å². The molecule has 2 aromatic heterocycles. The number of nitrogens with two attached hydrogens (primary N) is 2. The summed E-state index contributed by atoms with van der Waals surface area (Å²) in [6.07, 6.45) is 5.33. The zero-order valence-electron chi connectivity index (χ0n) is 13.2. The maximum absolute atomic E-state index is 12.4. The highest BCUT2D eigenvalue weighted by Gasteiger charge is 2.29. The number of furan rings is 1. The van der Waals surface area contributed by atoms with Crippen molar-refractivity contribution >= 4 is 17.6 Å². The first-order chi connectivity index (χ1) is 11.6. The number of fused-ring (bicyclic) bond motifs is 1. The average molecular weight is 327 g/mol. The van der Waals surface area contributed by atoms with Crippen LogP contribution in [0.5, 0.6) is 5.75 Å². The predicted molar refractivity (Wildman–Crippen MR) is 87.9 cm³/mol. The van der Waals surface area contributed by atoms with Crippen molar-refractivity contribution in [3.05, 3.63) is 47.2 Å². The van der Waals surface area contributed by atoms with Crippen molar-refractivity contribution in [3.63, 3.8) is 0 Å². The number of aromatic nitrogens is 1. The summed E-state index contributed by atoms with van der Waals surface area (Å²) in [5, 5.41) is 7.78. The second-order valence-electron chi connectivity index (χ2n) is 5.36. The number of pyridine rings is 1. The zero-order valence-corrected chi connectivity index (χ0v) is 13.2. The standard InChI is InChI=1S/C16H17N5O3/c1-9-13-11(20-21-16(17)18)5-2-6-12(13)24-14(9)15(22)23-10-4-3-7-19-8-10/h3-4,7-8H,2,5-6H2,1H3,(H4,17,18,21)/b20-11+. The van der Waals surface area contributed by atoms with E-state index in [4.69, 9.17) is 20.6 Å². The summed E-state index contributed by atoms with van der Waals surface area (Å²) in [6.45, 7) is 1.79. The minimum atomic E-state index is -0.573. The van der Waals surface area contributed by atoms with Crippen LogP contribution in [0, 0.1) is 6.92 Å². The molecule has 1 aliphatic carbocycles. The van der Waals surface area contributed by atoms with Crippen LogP contribution in [-0.4, -0.2) is 22.6 Å². The molecule has 0 atom stereocenters. The van der Waals surface area contributed by atoms with Crippen LogP contribution in [0.15, 0.2) is 39.1 Å². The van der Waals surface area contributed by atoms with Gasteiger partial charge in [-0.1, -0.05) is 0 Å².